The monoisotopic (exact) mass is 770 g/mol. The van der Waals surface area contributed by atoms with Crippen molar-refractivity contribution in [2.24, 2.45) is 0 Å². The molecule has 1 aliphatic rings. The fourth-order valence-electron chi connectivity index (χ4n) is 5.40. The molecule has 0 aromatic heterocycles. The normalized spacial score (nSPS) is 21.8. The van der Waals surface area contributed by atoms with Gasteiger partial charge in [0.1, 0.15) is 36.8 Å². The summed E-state index contributed by atoms with van der Waals surface area (Å²) < 4.78 is 53.6. The highest BCUT2D eigenvalue weighted by molar-refractivity contribution is 7.85. The molecule has 13 heteroatoms. The molecule has 12 nitrogen and oxygen atoms in total. The van der Waals surface area contributed by atoms with E-state index in [2.05, 4.69) is 50.3 Å². The number of rotatable bonds is 30. The molecule has 1 aliphatic heterocycles. The largest absolute Gasteiger partial charge is 0.462 e. The third-order valence-corrected chi connectivity index (χ3v) is 9.14. The molecule has 1 rings (SSSR count). The summed E-state index contributed by atoms with van der Waals surface area (Å²) in [5, 5.41) is 30.7. The Bertz CT molecular complexity index is 1230. The zero-order chi connectivity index (χ0) is 39.2. The van der Waals surface area contributed by atoms with Crippen LogP contribution < -0.4 is 0 Å². The molecule has 0 radical (unpaired) electrons. The van der Waals surface area contributed by atoms with E-state index in [-0.39, 0.29) is 19.4 Å². The van der Waals surface area contributed by atoms with Crippen molar-refractivity contribution in [1.82, 2.24) is 0 Å². The van der Waals surface area contributed by atoms with Gasteiger partial charge >= 0.3 is 11.9 Å². The van der Waals surface area contributed by atoms with Crippen LogP contribution in [0.25, 0.3) is 0 Å². The van der Waals surface area contributed by atoms with Crippen molar-refractivity contribution in [3.05, 3.63) is 60.8 Å². The number of carbonyl (C=O) groups is 2. The van der Waals surface area contributed by atoms with Crippen LogP contribution >= 0.6 is 0 Å². The van der Waals surface area contributed by atoms with Crippen molar-refractivity contribution in [3.63, 3.8) is 0 Å². The Balaban J connectivity index is 2.61. The quantitative estimate of drug-likeness (QED) is 0.0266. The van der Waals surface area contributed by atoms with E-state index in [9.17, 15) is 37.9 Å². The predicted octanol–water partition coefficient (Wildman–Crippen LogP) is 6.61. The lowest BCUT2D eigenvalue weighted by atomic mass is 10.00. The standard InChI is InChI=1S/C40H66O12S/c1-3-5-7-9-11-13-15-16-17-18-19-21-23-25-27-29-36(42)51-33(30-49-35(41)28-26-24-22-20-14-12-10-8-6-4-2)31-50-40-39(45)38(44)37(43)34(52-40)32-53(46,47)48/h5,7,11,13,16-17,19,21,25,27,33-34,37-40,43-45H,3-4,6,8-10,12,14-15,18,20,22-24,26,28-32H2,1-2H3,(H,46,47,48)/b7-5-,13-11-,17-16-,21-19-,27-25-. The van der Waals surface area contributed by atoms with E-state index in [1.807, 2.05) is 18.2 Å². The van der Waals surface area contributed by atoms with Crippen LogP contribution in [-0.2, 0) is 38.7 Å². The van der Waals surface area contributed by atoms with Gasteiger partial charge in [0, 0.05) is 6.42 Å². The first kappa shape index (κ1) is 48.4. The maximum atomic E-state index is 12.7. The number of allylic oxidation sites excluding steroid dienone is 9. The number of carbonyl (C=O) groups excluding carboxylic acids is 2. The second-order valence-corrected chi connectivity index (χ2v) is 14.7. The van der Waals surface area contributed by atoms with Crippen LogP contribution in [0, 0.1) is 0 Å². The molecule has 1 heterocycles. The Morgan fingerprint density at radius 1 is 0.660 bits per heavy atom. The van der Waals surface area contributed by atoms with Gasteiger partial charge in [-0.15, -0.1) is 0 Å². The van der Waals surface area contributed by atoms with Gasteiger partial charge in [-0.3, -0.25) is 14.1 Å². The molecule has 0 aromatic carbocycles. The molecule has 53 heavy (non-hydrogen) atoms. The number of ether oxygens (including phenoxy) is 4. The SMILES string of the molecule is CC/C=C\C/C=C\C/C=C\C/C=C\C/C=C\CC(=O)OC(COC(=O)CCCCCCCCCCCC)COC1OC(CS(=O)(=O)O)C(O)C(O)C1O. The molecule has 0 spiro atoms. The van der Waals surface area contributed by atoms with Crippen LogP contribution in [0.3, 0.4) is 0 Å². The third-order valence-electron chi connectivity index (χ3n) is 8.39. The minimum atomic E-state index is -4.61. The Morgan fingerprint density at radius 2 is 1.17 bits per heavy atom. The van der Waals surface area contributed by atoms with Gasteiger partial charge < -0.3 is 34.3 Å². The number of aliphatic hydroxyl groups excluding tert-OH is 3. The van der Waals surface area contributed by atoms with Gasteiger partial charge in [0.25, 0.3) is 10.1 Å². The van der Waals surface area contributed by atoms with Crippen LogP contribution in [-0.4, -0.2) is 96.0 Å². The Hall–Kier alpha value is -2.65. The molecule has 304 valence electrons. The topological polar surface area (TPSA) is 186 Å². The van der Waals surface area contributed by atoms with Crippen molar-refractivity contribution < 1.29 is 56.8 Å². The molecule has 6 atom stereocenters. The highest BCUT2D eigenvalue weighted by atomic mass is 32.2. The van der Waals surface area contributed by atoms with Gasteiger partial charge in [-0.2, -0.15) is 8.42 Å². The van der Waals surface area contributed by atoms with Gasteiger partial charge in [0.05, 0.1) is 13.0 Å². The second-order valence-electron chi connectivity index (χ2n) is 13.2. The number of hydrogen-bond acceptors (Lipinski definition) is 11. The third kappa shape index (κ3) is 25.9. The van der Waals surface area contributed by atoms with E-state index in [0.717, 1.165) is 44.9 Å². The number of aliphatic hydroxyl groups is 3. The van der Waals surface area contributed by atoms with Crippen molar-refractivity contribution >= 4 is 22.1 Å². The Kier molecular flexibility index (Phi) is 28.0. The molecule has 0 aliphatic carbocycles. The van der Waals surface area contributed by atoms with Crippen molar-refractivity contribution in [2.45, 2.75) is 160 Å². The lowest BCUT2D eigenvalue weighted by molar-refractivity contribution is -0.297. The van der Waals surface area contributed by atoms with E-state index < -0.39 is 71.2 Å². The van der Waals surface area contributed by atoms with Gasteiger partial charge in [-0.1, -0.05) is 132 Å². The summed E-state index contributed by atoms with van der Waals surface area (Å²) in [5.74, 6) is -2.15. The van der Waals surface area contributed by atoms with Gasteiger partial charge in [-0.05, 0) is 38.5 Å². The van der Waals surface area contributed by atoms with E-state index >= 15 is 0 Å². The van der Waals surface area contributed by atoms with Crippen LogP contribution in [0.1, 0.15) is 123 Å². The molecule has 0 amide bonds. The number of unbranched alkanes of at least 4 members (excludes halogenated alkanes) is 9. The lowest BCUT2D eigenvalue weighted by Gasteiger charge is -2.40. The lowest BCUT2D eigenvalue weighted by Crippen LogP contribution is -2.60. The number of hydrogen-bond donors (Lipinski definition) is 4. The fraction of sp³-hybridized carbons (Fsp3) is 0.700. The minimum Gasteiger partial charge on any atom is -0.462 e. The first-order valence-corrected chi connectivity index (χ1v) is 21.0. The van der Waals surface area contributed by atoms with E-state index in [1.54, 1.807) is 6.08 Å². The summed E-state index contributed by atoms with van der Waals surface area (Å²) in [6.07, 6.45) is 26.0. The number of esters is 2. The molecule has 1 saturated heterocycles. The zero-order valence-electron chi connectivity index (χ0n) is 31.8. The summed E-state index contributed by atoms with van der Waals surface area (Å²) in [6, 6.07) is 0. The maximum Gasteiger partial charge on any atom is 0.310 e. The smallest absolute Gasteiger partial charge is 0.310 e. The zero-order valence-corrected chi connectivity index (χ0v) is 32.7. The highest BCUT2D eigenvalue weighted by Gasteiger charge is 2.46. The summed E-state index contributed by atoms with van der Waals surface area (Å²) in [4.78, 5) is 25.1. The summed E-state index contributed by atoms with van der Waals surface area (Å²) in [7, 11) is -4.61. The van der Waals surface area contributed by atoms with Crippen molar-refractivity contribution in [1.29, 1.82) is 0 Å². The Morgan fingerprint density at radius 3 is 1.70 bits per heavy atom. The Labute approximate surface area is 317 Å². The first-order chi connectivity index (χ1) is 25.5. The van der Waals surface area contributed by atoms with E-state index in [0.29, 0.717) is 12.8 Å². The average molecular weight is 771 g/mol. The highest BCUT2D eigenvalue weighted by Crippen LogP contribution is 2.23. The minimum absolute atomic E-state index is 0.0690. The molecular weight excluding hydrogens is 704 g/mol. The van der Waals surface area contributed by atoms with Crippen LogP contribution in [0.5, 0.6) is 0 Å². The second kappa shape index (κ2) is 30.7. The average Bonchev–Trinajstić information content (AvgIpc) is 3.12. The van der Waals surface area contributed by atoms with Gasteiger partial charge in [-0.25, -0.2) is 0 Å². The first-order valence-electron chi connectivity index (χ1n) is 19.3. The van der Waals surface area contributed by atoms with Crippen LogP contribution in [0.4, 0.5) is 0 Å². The van der Waals surface area contributed by atoms with Crippen LogP contribution in [0.15, 0.2) is 60.8 Å². The van der Waals surface area contributed by atoms with E-state index in [4.69, 9.17) is 18.9 Å². The molecular formula is C40H66O12S. The molecule has 1 fully saturated rings. The summed E-state index contributed by atoms with van der Waals surface area (Å²) in [6.45, 7) is 3.51. The van der Waals surface area contributed by atoms with Crippen molar-refractivity contribution in [3.8, 4) is 0 Å². The molecule has 0 aromatic rings. The molecule has 4 N–H and O–H groups in total. The summed E-state index contributed by atoms with van der Waals surface area (Å²) >= 11 is 0. The molecule has 0 bridgehead atoms. The molecule has 0 saturated carbocycles. The molecule has 6 unspecified atom stereocenters. The maximum absolute atomic E-state index is 12.7. The van der Waals surface area contributed by atoms with Crippen LogP contribution in [0.2, 0.25) is 0 Å². The fourth-order valence-corrected chi connectivity index (χ4v) is 6.09. The summed E-state index contributed by atoms with van der Waals surface area (Å²) in [5.41, 5.74) is 0. The van der Waals surface area contributed by atoms with E-state index in [1.165, 1.54) is 38.5 Å². The van der Waals surface area contributed by atoms with Crippen molar-refractivity contribution in [2.75, 3.05) is 19.0 Å². The van der Waals surface area contributed by atoms with Gasteiger partial charge in [0.15, 0.2) is 12.4 Å². The van der Waals surface area contributed by atoms with Gasteiger partial charge in [0.2, 0.25) is 0 Å². The predicted molar refractivity (Wildman–Crippen MR) is 205 cm³/mol.